The molecule has 1 aliphatic rings. The van der Waals surface area contributed by atoms with Crippen molar-refractivity contribution in [1.82, 2.24) is 9.13 Å². The highest BCUT2D eigenvalue weighted by molar-refractivity contribution is 7.07. The molecule has 6 rings (SSSR count). The van der Waals surface area contributed by atoms with Crippen LogP contribution < -0.4 is 24.4 Å². The van der Waals surface area contributed by atoms with Gasteiger partial charge in [-0.1, -0.05) is 65.4 Å². The van der Waals surface area contributed by atoms with Crippen molar-refractivity contribution in [3.63, 3.8) is 0 Å². The van der Waals surface area contributed by atoms with Gasteiger partial charge in [-0.15, -0.1) is 0 Å². The molecule has 3 aromatic carbocycles. The summed E-state index contributed by atoms with van der Waals surface area (Å²) in [4.78, 5) is 32.1. The topological polar surface area (TPSA) is 84.0 Å². The van der Waals surface area contributed by atoms with Crippen molar-refractivity contribution in [2.24, 2.45) is 4.99 Å². The smallest absolute Gasteiger partial charge is 0.337 e. The maximum Gasteiger partial charge on any atom is 0.337 e. The summed E-state index contributed by atoms with van der Waals surface area (Å²) in [5.74, 6) is 0.576. The highest BCUT2D eigenvalue weighted by Gasteiger charge is 2.31. The molecule has 0 spiro atoms. The van der Waals surface area contributed by atoms with Gasteiger partial charge in [0.15, 0.2) is 16.3 Å². The lowest BCUT2D eigenvalue weighted by atomic mass is 9.97. The van der Waals surface area contributed by atoms with E-state index in [-0.39, 0.29) is 11.1 Å². The van der Waals surface area contributed by atoms with Crippen LogP contribution in [0.15, 0.2) is 94.5 Å². The molecular formula is C35H33N3O5S. The van der Waals surface area contributed by atoms with Crippen molar-refractivity contribution >= 4 is 34.3 Å². The summed E-state index contributed by atoms with van der Waals surface area (Å²) in [7, 11) is 1.32. The van der Waals surface area contributed by atoms with Crippen LogP contribution >= 0.6 is 11.3 Å². The summed E-state index contributed by atoms with van der Waals surface area (Å²) in [6.45, 7) is 7.50. The van der Waals surface area contributed by atoms with Gasteiger partial charge < -0.3 is 18.8 Å². The third-order valence-corrected chi connectivity index (χ3v) is 8.55. The number of carbonyl (C=O) groups excluding carboxylic acids is 1. The number of hydrogen-bond acceptors (Lipinski definition) is 7. The molecule has 0 fully saturated rings. The first-order chi connectivity index (χ1) is 21.4. The molecule has 224 valence electrons. The summed E-state index contributed by atoms with van der Waals surface area (Å²) in [6, 6.07) is 21.4. The van der Waals surface area contributed by atoms with Gasteiger partial charge in [-0.2, -0.15) is 0 Å². The van der Waals surface area contributed by atoms with Crippen LogP contribution in [0.25, 0.3) is 17.0 Å². The largest absolute Gasteiger partial charge is 0.490 e. The summed E-state index contributed by atoms with van der Waals surface area (Å²) in [6.07, 6.45) is 5.50. The number of aromatic nitrogens is 2. The number of rotatable bonds is 9. The number of thiazole rings is 1. The van der Waals surface area contributed by atoms with Crippen LogP contribution in [0.2, 0.25) is 0 Å². The monoisotopic (exact) mass is 607 g/mol. The van der Waals surface area contributed by atoms with Crippen molar-refractivity contribution in [3.05, 3.63) is 127 Å². The van der Waals surface area contributed by atoms with Crippen molar-refractivity contribution in [2.45, 2.75) is 33.4 Å². The Morgan fingerprint density at radius 1 is 1.00 bits per heavy atom. The molecule has 0 aliphatic carbocycles. The van der Waals surface area contributed by atoms with Gasteiger partial charge in [0, 0.05) is 35.4 Å². The lowest BCUT2D eigenvalue weighted by molar-refractivity contribution is -0.136. The van der Waals surface area contributed by atoms with Gasteiger partial charge in [-0.05, 0) is 56.2 Å². The van der Waals surface area contributed by atoms with Crippen molar-refractivity contribution in [2.75, 3.05) is 20.3 Å². The van der Waals surface area contributed by atoms with E-state index in [2.05, 4.69) is 59.1 Å². The zero-order valence-electron chi connectivity index (χ0n) is 25.1. The molecule has 0 N–H and O–H groups in total. The SMILES string of the molecule is CCOc1ccc([C@@H]2C(C(=O)OC)=CN=c3s/c(=C\c4cn(Cc5cccc(C)c5)c5ccccc45)c(=O)n32)cc1OCC. The Kier molecular flexibility index (Phi) is 8.21. The minimum atomic E-state index is -0.751. The summed E-state index contributed by atoms with van der Waals surface area (Å²) in [5.41, 5.74) is 5.13. The minimum Gasteiger partial charge on any atom is -0.490 e. The molecule has 0 radical (unpaired) electrons. The van der Waals surface area contributed by atoms with Crippen LogP contribution in [0.3, 0.4) is 0 Å². The molecule has 44 heavy (non-hydrogen) atoms. The highest BCUT2D eigenvalue weighted by Crippen LogP contribution is 2.35. The second-order valence-corrected chi connectivity index (χ2v) is 11.5. The molecule has 0 unspecified atom stereocenters. The first kappa shape index (κ1) is 29.2. The van der Waals surface area contributed by atoms with Crippen LogP contribution in [-0.4, -0.2) is 35.4 Å². The molecular weight excluding hydrogens is 574 g/mol. The van der Waals surface area contributed by atoms with Gasteiger partial charge >= 0.3 is 5.97 Å². The number of ether oxygens (including phenoxy) is 3. The van der Waals surface area contributed by atoms with Gasteiger partial charge in [0.1, 0.15) is 0 Å². The Hall–Kier alpha value is -4.89. The molecule has 3 heterocycles. The first-order valence-corrected chi connectivity index (χ1v) is 15.4. The first-order valence-electron chi connectivity index (χ1n) is 14.5. The molecule has 9 heteroatoms. The maximum absolute atomic E-state index is 14.1. The third-order valence-electron chi connectivity index (χ3n) is 7.55. The third kappa shape index (κ3) is 5.46. The Morgan fingerprint density at radius 2 is 1.80 bits per heavy atom. The van der Waals surface area contributed by atoms with E-state index < -0.39 is 12.0 Å². The molecule has 0 saturated heterocycles. The van der Waals surface area contributed by atoms with Crippen LogP contribution in [0, 0.1) is 6.92 Å². The number of methoxy groups -OCH3 is 1. The predicted molar refractivity (Wildman–Crippen MR) is 172 cm³/mol. The summed E-state index contributed by atoms with van der Waals surface area (Å²) in [5, 5.41) is 1.05. The molecule has 5 aromatic rings. The number of carbonyl (C=O) groups is 1. The number of hydrogen-bond donors (Lipinski definition) is 0. The zero-order chi connectivity index (χ0) is 30.8. The normalized spacial score (nSPS) is 14.6. The van der Waals surface area contributed by atoms with Crippen molar-refractivity contribution in [1.29, 1.82) is 0 Å². The number of nitrogens with zero attached hydrogens (tertiary/aromatic N) is 3. The van der Waals surface area contributed by atoms with E-state index in [9.17, 15) is 9.59 Å². The van der Waals surface area contributed by atoms with Crippen LogP contribution in [0.5, 0.6) is 11.5 Å². The van der Waals surface area contributed by atoms with Gasteiger partial charge in [-0.25, -0.2) is 9.79 Å². The molecule has 0 saturated carbocycles. The second kappa shape index (κ2) is 12.4. The fourth-order valence-corrected chi connectivity index (χ4v) is 6.62. The van der Waals surface area contributed by atoms with E-state index in [0.717, 1.165) is 16.5 Å². The van der Waals surface area contributed by atoms with E-state index in [1.54, 1.807) is 10.6 Å². The number of fused-ring (bicyclic) bond motifs is 2. The minimum absolute atomic E-state index is 0.240. The quantitative estimate of drug-likeness (QED) is 0.217. The van der Waals surface area contributed by atoms with E-state index in [4.69, 9.17) is 14.2 Å². The lowest BCUT2D eigenvalue weighted by Gasteiger charge is -2.23. The standard InChI is InChI=1S/C35H33N3O5S/c1-5-42-29-15-14-24(17-30(29)43-6-2)32-27(34(40)41-4)19-36-35-38(32)33(39)31(44-35)18-25-21-37(28-13-8-7-12-26(25)28)20-23-11-9-10-22(3)16-23/h7-19,21,32H,5-6,20H2,1-4H3/b31-18-/t32-/m1/s1. The van der Waals surface area contributed by atoms with Crippen LogP contribution in [0.4, 0.5) is 0 Å². The van der Waals surface area contributed by atoms with Crippen molar-refractivity contribution in [3.8, 4) is 11.5 Å². The predicted octanol–water partition coefficient (Wildman–Crippen LogP) is 5.13. The van der Waals surface area contributed by atoms with Gasteiger partial charge in [-0.3, -0.25) is 9.36 Å². The number of para-hydroxylation sites is 1. The number of benzene rings is 3. The molecule has 1 atom stereocenters. The summed E-state index contributed by atoms with van der Waals surface area (Å²) < 4.78 is 21.0. The van der Waals surface area contributed by atoms with E-state index in [1.165, 1.54) is 35.8 Å². The summed E-state index contributed by atoms with van der Waals surface area (Å²) >= 11 is 1.29. The maximum atomic E-state index is 14.1. The number of aryl methyl sites for hydroxylation is 1. The molecule has 0 bridgehead atoms. The van der Waals surface area contributed by atoms with E-state index >= 15 is 0 Å². The highest BCUT2D eigenvalue weighted by atomic mass is 32.1. The zero-order valence-corrected chi connectivity index (χ0v) is 25.9. The Labute approximate surface area is 258 Å². The van der Waals surface area contributed by atoms with Crippen LogP contribution in [-0.2, 0) is 16.1 Å². The molecule has 2 aromatic heterocycles. The average molecular weight is 608 g/mol. The Bertz CT molecular complexity index is 2090. The van der Waals surface area contributed by atoms with Crippen molar-refractivity contribution < 1.29 is 19.0 Å². The fourth-order valence-electron chi connectivity index (χ4n) is 5.66. The molecule has 8 nitrogen and oxygen atoms in total. The van der Waals surface area contributed by atoms with E-state index in [0.29, 0.717) is 46.2 Å². The fraction of sp³-hybridized carbons (Fsp3) is 0.229. The van der Waals surface area contributed by atoms with E-state index in [1.807, 2.05) is 44.2 Å². The Morgan fingerprint density at radius 3 is 2.57 bits per heavy atom. The Balaban J connectivity index is 1.49. The van der Waals surface area contributed by atoms with Crippen LogP contribution in [0.1, 0.15) is 42.1 Å². The molecule has 1 aliphatic heterocycles. The van der Waals surface area contributed by atoms with Gasteiger partial charge in [0.25, 0.3) is 5.56 Å². The second-order valence-electron chi connectivity index (χ2n) is 10.5. The molecule has 0 amide bonds. The number of esters is 1. The average Bonchev–Trinajstić information content (AvgIpc) is 3.54. The van der Waals surface area contributed by atoms with Gasteiger partial charge in [0.05, 0.1) is 36.5 Å². The lowest BCUT2D eigenvalue weighted by Crippen LogP contribution is -2.39. The van der Waals surface area contributed by atoms with Gasteiger partial charge in [0.2, 0.25) is 0 Å².